The molecule has 0 aliphatic carbocycles. The van der Waals surface area contributed by atoms with E-state index in [0.717, 1.165) is 31.6 Å². The van der Waals surface area contributed by atoms with E-state index in [1.807, 2.05) is 17.0 Å². The van der Waals surface area contributed by atoms with Gasteiger partial charge in [0.25, 0.3) is 0 Å². The lowest BCUT2D eigenvalue weighted by molar-refractivity contribution is -0.132. The number of hydrogen-bond acceptors (Lipinski definition) is 3. The van der Waals surface area contributed by atoms with Crippen LogP contribution < -0.4 is 0 Å². The summed E-state index contributed by atoms with van der Waals surface area (Å²) in [4.78, 5) is 21.4. The minimum Gasteiger partial charge on any atom is -0.338 e. The van der Waals surface area contributed by atoms with Crippen LogP contribution in [0, 0.1) is 0 Å². The van der Waals surface area contributed by atoms with Crippen LogP contribution in [0.5, 0.6) is 0 Å². The molecule has 1 aromatic carbocycles. The minimum atomic E-state index is 0.203. The molecule has 1 fully saturated rings. The first-order chi connectivity index (χ1) is 12.2. The van der Waals surface area contributed by atoms with Gasteiger partial charge in [-0.3, -0.25) is 14.7 Å². The molecule has 2 aromatic rings. The second kappa shape index (κ2) is 8.26. The largest absolute Gasteiger partial charge is 0.338 e. The minimum absolute atomic E-state index is 0.203. The second-order valence-corrected chi connectivity index (χ2v) is 6.74. The van der Waals surface area contributed by atoms with E-state index in [0.29, 0.717) is 18.5 Å². The summed E-state index contributed by atoms with van der Waals surface area (Å²) in [7, 11) is 0. The van der Waals surface area contributed by atoms with E-state index in [1.165, 1.54) is 5.56 Å². The number of likely N-dealkylation sites (N-methyl/N-ethyl adjacent to an activating group) is 1. The number of likely N-dealkylation sites (tertiary alicyclic amines) is 1. The lowest BCUT2D eigenvalue weighted by Crippen LogP contribution is -2.42. The van der Waals surface area contributed by atoms with Crippen molar-refractivity contribution in [1.29, 1.82) is 0 Å². The fourth-order valence-corrected chi connectivity index (χ4v) is 3.73. The highest BCUT2D eigenvalue weighted by atomic mass is 16.2. The van der Waals surface area contributed by atoms with Gasteiger partial charge in [-0.1, -0.05) is 36.4 Å². The topological polar surface area (TPSA) is 36.4 Å². The lowest BCUT2D eigenvalue weighted by atomic mass is 10.1. The molecule has 4 heteroatoms. The normalized spacial score (nSPS) is 18.9. The molecule has 25 heavy (non-hydrogen) atoms. The number of carbonyl (C=O) groups excluding carboxylic acids is 1. The predicted octanol–water partition coefficient (Wildman–Crippen LogP) is 3.31. The highest BCUT2D eigenvalue weighted by molar-refractivity contribution is 5.79. The summed E-state index contributed by atoms with van der Waals surface area (Å²) in [6.07, 6.45) is 5.01. The van der Waals surface area contributed by atoms with Crippen molar-refractivity contribution >= 4 is 5.91 Å². The van der Waals surface area contributed by atoms with Gasteiger partial charge in [-0.15, -0.1) is 0 Å². The molecule has 1 amide bonds. The van der Waals surface area contributed by atoms with Crippen LogP contribution >= 0.6 is 0 Å². The van der Waals surface area contributed by atoms with Crippen LogP contribution in [0.3, 0.4) is 0 Å². The monoisotopic (exact) mass is 337 g/mol. The van der Waals surface area contributed by atoms with Crippen LogP contribution in [0.1, 0.15) is 37.4 Å². The van der Waals surface area contributed by atoms with Gasteiger partial charge in [-0.25, -0.2) is 0 Å². The first kappa shape index (κ1) is 17.6. The van der Waals surface area contributed by atoms with Gasteiger partial charge < -0.3 is 4.90 Å². The molecule has 0 unspecified atom stereocenters. The van der Waals surface area contributed by atoms with Gasteiger partial charge >= 0.3 is 0 Å². The van der Waals surface area contributed by atoms with Crippen molar-refractivity contribution in [3.8, 4) is 0 Å². The van der Waals surface area contributed by atoms with Crippen LogP contribution in [0.15, 0.2) is 54.9 Å². The summed E-state index contributed by atoms with van der Waals surface area (Å²) in [6, 6.07) is 15.2. The number of carbonyl (C=O) groups is 1. The Bertz CT molecular complexity index is 674. The number of rotatable bonds is 6. The maximum Gasteiger partial charge on any atom is 0.227 e. The van der Waals surface area contributed by atoms with E-state index in [9.17, 15) is 4.79 Å². The van der Waals surface area contributed by atoms with Crippen molar-refractivity contribution in [3.05, 3.63) is 66.0 Å². The first-order valence-corrected chi connectivity index (χ1v) is 9.16. The summed E-state index contributed by atoms with van der Waals surface area (Å²) in [6.45, 7) is 7.08. The van der Waals surface area contributed by atoms with Gasteiger partial charge in [0.15, 0.2) is 0 Å². The number of benzene rings is 1. The summed E-state index contributed by atoms with van der Waals surface area (Å²) in [5, 5.41) is 0. The van der Waals surface area contributed by atoms with Gasteiger partial charge in [0.05, 0.1) is 6.42 Å². The summed E-state index contributed by atoms with van der Waals surface area (Å²) in [5.41, 5.74) is 2.33. The molecule has 1 aliphatic rings. The van der Waals surface area contributed by atoms with E-state index in [2.05, 4.69) is 54.1 Å². The Morgan fingerprint density at radius 2 is 2.08 bits per heavy atom. The number of aromatic nitrogens is 1. The van der Waals surface area contributed by atoms with Crippen molar-refractivity contribution in [3.63, 3.8) is 0 Å². The fourth-order valence-electron chi connectivity index (χ4n) is 3.73. The predicted molar refractivity (Wildman–Crippen MR) is 100 cm³/mol. The summed E-state index contributed by atoms with van der Waals surface area (Å²) >= 11 is 0. The molecule has 0 bridgehead atoms. The van der Waals surface area contributed by atoms with Crippen molar-refractivity contribution in [2.45, 2.75) is 38.8 Å². The molecule has 2 heterocycles. The van der Waals surface area contributed by atoms with E-state index >= 15 is 0 Å². The first-order valence-electron chi connectivity index (χ1n) is 9.16. The molecule has 2 atom stereocenters. The van der Waals surface area contributed by atoms with Crippen molar-refractivity contribution in [1.82, 2.24) is 14.8 Å². The van der Waals surface area contributed by atoms with E-state index in [4.69, 9.17) is 0 Å². The summed E-state index contributed by atoms with van der Waals surface area (Å²) < 4.78 is 0. The Kier molecular flexibility index (Phi) is 5.82. The molecule has 132 valence electrons. The van der Waals surface area contributed by atoms with E-state index in [-0.39, 0.29) is 5.91 Å². The second-order valence-electron chi connectivity index (χ2n) is 6.74. The Hall–Kier alpha value is -2.20. The molecule has 4 nitrogen and oxygen atoms in total. The molecule has 0 saturated carbocycles. The molecular weight excluding hydrogens is 310 g/mol. The number of amides is 1. The highest BCUT2D eigenvalue weighted by Crippen LogP contribution is 2.26. The lowest BCUT2D eigenvalue weighted by Gasteiger charge is -2.30. The zero-order valence-electron chi connectivity index (χ0n) is 15.1. The molecule has 1 aliphatic heterocycles. The van der Waals surface area contributed by atoms with Crippen LogP contribution in [0.25, 0.3) is 0 Å². The van der Waals surface area contributed by atoms with Gasteiger partial charge in [0, 0.05) is 44.1 Å². The van der Waals surface area contributed by atoms with Gasteiger partial charge in [-0.2, -0.15) is 0 Å². The quantitative estimate of drug-likeness (QED) is 0.811. The van der Waals surface area contributed by atoms with Crippen molar-refractivity contribution in [2.75, 3.05) is 19.6 Å². The molecule has 0 spiro atoms. The average molecular weight is 337 g/mol. The van der Waals surface area contributed by atoms with Crippen LogP contribution in [-0.2, 0) is 11.2 Å². The van der Waals surface area contributed by atoms with Crippen LogP contribution in [0.4, 0.5) is 0 Å². The number of pyridine rings is 1. The molecule has 3 rings (SSSR count). The average Bonchev–Trinajstić information content (AvgIpc) is 3.13. The summed E-state index contributed by atoms with van der Waals surface area (Å²) in [5.74, 6) is 0.203. The maximum absolute atomic E-state index is 12.8. The van der Waals surface area contributed by atoms with Gasteiger partial charge in [0.2, 0.25) is 5.91 Å². The third-order valence-corrected chi connectivity index (χ3v) is 5.20. The highest BCUT2D eigenvalue weighted by Gasteiger charge is 2.32. The molecule has 0 radical (unpaired) electrons. The molecule has 0 N–H and O–H groups in total. The van der Waals surface area contributed by atoms with Gasteiger partial charge in [0.1, 0.15) is 0 Å². The Labute approximate surface area is 150 Å². The Morgan fingerprint density at radius 1 is 1.28 bits per heavy atom. The zero-order valence-corrected chi connectivity index (χ0v) is 15.1. The van der Waals surface area contributed by atoms with Crippen molar-refractivity contribution in [2.24, 2.45) is 0 Å². The van der Waals surface area contributed by atoms with Crippen LogP contribution in [-0.4, -0.2) is 46.4 Å². The van der Waals surface area contributed by atoms with Gasteiger partial charge in [-0.05, 0) is 37.5 Å². The molecular formula is C21H27N3O. The van der Waals surface area contributed by atoms with E-state index in [1.54, 1.807) is 12.4 Å². The molecule has 1 saturated heterocycles. The number of hydrogen-bond donors (Lipinski definition) is 0. The van der Waals surface area contributed by atoms with E-state index < -0.39 is 0 Å². The fraction of sp³-hybridized carbons (Fsp3) is 0.429. The SMILES string of the molecule is CCN(C(=O)Cc1cccnc1)[C@@H]1CCN([C@@H](C)c2ccccc2)C1. The maximum atomic E-state index is 12.8. The zero-order chi connectivity index (χ0) is 17.6. The Balaban J connectivity index is 1.62. The standard InChI is InChI=1S/C21H27N3O/c1-3-24(21(25)14-18-8-7-12-22-15-18)20-11-13-23(16-20)17(2)19-9-5-4-6-10-19/h4-10,12,15,17,20H,3,11,13-14,16H2,1-2H3/t17-,20+/m0/s1. The smallest absolute Gasteiger partial charge is 0.227 e. The Morgan fingerprint density at radius 3 is 2.76 bits per heavy atom. The number of nitrogens with zero attached hydrogens (tertiary/aromatic N) is 3. The third-order valence-electron chi connectivity index (χ3n) is 5.20. The van der Waals surface area contributed by atoms with Crippen LogP contribution in [0.2, 0.25) is 0 Å². The molecule has 1 aromatic heterocycles. The third kappa shape index (κ3) is 4.26. The van der Waals surface area contributed by atoms with Crippen molar-refractivity contribution < 1.29 is 4.79 Å².